The third kappa shape index (κ3) is 3.00. The number of carbonyl (C=O) groups is 1. The third-order valence-corrected chi connectivity index (χ3v) is 9.58. The van der Waals surface area contributed by atoms with Crippen LogP contribution in [0.3, 0.4) is 0 Å². The van der Waals surface area contributed by atoms with Crippen molar-refractivity contribution in [2.24, 2.45) is 23.2 Å². The Hall–Kier alpha value is -1.43. The molecule has 0 N–H and O–H groups in total. The summed E-state index contributed by atoms with van der Waals surface area (Å²) in [4.78, 5) is 14.7. The number of likely N-dealkylation sites (tertiary alicyclic amines) is 1. The zero-order valence-corrected chi connectivity index (χ0v) is 16.3. The molecule has 4 aliphatic carbocycles. The van der Waals surface area contributed by atoms with E-state index in [2.05, 4.69) is 0 Å². The highest BCUT2D eigenvalue weighted by Gasteiger charge is 2.52. The van der Waals surface area contributed by atoms with Crippen LogP contribution in [0.2, 0.25) is 0 Å². The first-order valence-corrected chi connectivity index (χ1v) is 11.6. The first-order valence-electron chi connectivity index (χ1n) is 10.1. The van der Waals surface area contributed by atoms with Crippen molar-refractivity contribution in [1.29, 1.82) is 0 Å². The van der Waals surface area contributed by atoms with E-state index in [4.69, 9.17) is 0 Å². The Kier molecular flexibility index (Phi) is 3.94. The van der Waals surface area contributed by atoms with E-state index in [-0.39, 0.29) is 29.3 Å². The summed E-state index contributed by atoms with van der Waals surface area (Å²) in [5.41, 5.74) is 0.187. The highest BCUT2D eigenvalue weighted by Crippen LogP contribution is 2.61. The highest BCUT2D eigenvalue weighted by atomic mass is 32.2. The Morgan fingerprint density at radius 3 is 2.04 bits per heavy atom. The van der Waals surface area contributed by atoms with Crippen molar-refractivity contribution < 1.29 is 17.6 Å². The molecule has 4 saturated carbocycles. The van der Waals surface area contributed by atoms with E-state index in [1.54, 1.807) is 4.90 Å². The Labute approximate surface area is 160 Å². The average molecular weight is 392 g/mol. The van der Waals surface area contributed by atoms with E-state index < -0.39 is 20.9 Å². The minimum atomic E-state index is -3.50. The first kappa shape index (κ1) is 17.7. The van der Waals surface area contributed by atoms with Gasteiger partial charge in [0.05, 0.1) is 4.90 Å². The molecule has 5 aliphatic rings. The van der Waals surface area contributed by atoms with Gasteiger partial charge in [-0.2, -0.15) is 0 Å². The van der Waals surface area contributed by atoms with Gasteiger partial charge in [0, 0.05) is 19.5 Å². The Bertz CT molecular complexity index is 823. The fraction of sp³-hybridized carbons (Fsp3) is 0.667. The molecular weight excluding hydrogens is 365 g/mol. The molecule has 5 fully saturated rings. The number of sulfone groups is 1. The van der Waals surface area contributed by atoms with Gasteiger partial charge in [0.25, 0.3) is 0 Å². The second-order valence-electron chi connectivity index (χ2n) is 9.51. The molecule has 0 unspecified atom stereocenters. The number of carbonyl (C=O) groups excluding carboxylic acids is 1. The molecular formula is C21H26FNO3S. The van der Waals surface area contributed by atoms with Crippen LogP contribution in [0.25, 0.3) is 0 Å². The van der Waals surface area contributed by atoms with Gasteiger partial charge < -0.3 is 4.90 Å². The number of benzene rings is 1. The van der Waals surface area contributed by atoms with E-state index in [9.17, 15) is 17.6 Å². The molecule has 1 amide bonds. The monoisotopic (exact) mass is 391 g/mol. The summed E-state index contributed by atoms with van der Waals surface area (Å²) in [5, 5.41) is -0.566. The predicted molar refractivity (Wildman–Crippen MR) is 99.2 cm³/mol. The number of halogens is 1. The van der Waals surface area contributed by atoms with Gasteiger partial charge in [-0.05, 0) is 86.0 Å². The van der Waals surface area contributed by atoms with Crippen molar-refractivity contribution in [1.82, 2.24) is 4.90 Å². The summed E-state index contributed by atoms with van der Waals surface area (Å²) >= 11 is 0. The van der Waals surface area contributed by atoms with Crippen LogP contribution in [-0.4, -0.2) is 37.6 Å². The van der Waals surface area contributed by atoms with Gasteiger partial charge in [-0.3, -0.25) is 4.79 Å². The quantitative estimate of drug-likeness (QED) is 0.739. The molecule has 1 aliphatic heterocycles. The SMILES string of the molecule is O=C(CC12CC3CC(CC(C3)C1)C2)N1CC(S(=O)(=O)c2ccc(F)cc2)C1. The lowest BCUT2D eigenvalue weighted by Crippen LogP contribution is -2.58. The minimum Gasteiger partial charge on any atom is -0.340 e. The van der Waals surface area contributed by atoms with E-state index >= 15 is 0 Å². The second kappa shape index (κ2) is 6.03. The third-order valence-electron chi connectivity index (χ3n) is 7.47. The molecule has 146 valence electrons. The number of amides is 1. The maximum Gasteiger partial charge on any atom is 0.223 e. The zero-order chi connectivity index (χ0) is 18.8. The first-order chi connectivity index (χ1) is 12.8. The number of nitrogens with zero attached hydrogens (tertiary/aromatic N) is 1. The zero-order valence-electron chi connectivity index (χ0n) is 15.4. The smallest absolute Gasteiger partial charge is 0.223 e. The Morgan fingerprint density at radius 2 is 1.52 bits per heavy atom. The molecule has 0 spiro atoms. The standard InChI is InChI=1S/C21H26FNO3S/c22-17-1-3-18(4-2-17)27(25,26)19-12-23(13-19)20(24)11-21-8-14-5-15(9-21)7-16(6-14)10-21/h1-4,14-16,19H,5-13H2. The van der Waals surface area contributed by atoms with Crippen LogP contribution in [0, 0.1) is 29.0 Å². The van der Waals surface area contributed by atoms with Crippen LogP contribution < -0.4 is 0 Å². The Balaban J connectivity index is 1.22. The van der Waals surface area contributed by atoms with E-state index in [0.717, 1.165) is 17.8 Å². The summed E-state index contributed by atoms with van der Waals surface area (Å²) < 4.78 is 38.3. The Morgan fingerprint density at radius 1 is 1.00 bits per heavy atom. The van der Waals surface area contributed by atoms with Crippen molar-refractivity contribution in [3.8, 4) is 0 Å². The summed E-state index contributed by atoms with van der Waals surface area (Å²) in [5.74, 6) is 2.11. The van der Waals surface area contributed by atoms with Gasteiger partial charge >= 0.3 is 0 Å². The van der Waals surface area contributed by atoms with E-state index in [1.165, 1.54) is 62.8 Å². The van der Waals surface area contributed by atoms with E-state index in [1.807, 2.05) is 0 Å². The summed E-state index contributed by atoms with van der Waals surface area (Å²) in [6, 6.07) is 4.96. The fourth-order valence-corrected chi connectivity index (χ4v) is 8.25. The van der Waals surface area contributed by atoms with Crippen molar-refractivity contribution >= 4 is 15.7 Å². The van der Waals surface area contributed by atoms with Crippen molar-refractivity contribution in [3.05, 3.63) is 30.1 Å². The van der Waals surface area contributed by atoms with Crippen LogP contribution >= 0.6 is 0 Å². The molecule has 6 rings (SSSR count). The molecule has 0 radical (unpaired) electrons. The van der Waals surface area contributed by atoms with Gasteiger partial charge in [0.1, 0.15) is 11.1 Å². The summed E-state index contributed by atoms with van der Waals surface area (Å²) in [6.45, 7) is 0.538. The molecule has 27 heavy (non-hydrogen) atoms. The van der Waals surface area contributed by atoms with Crippen LogP contribution in [-0.2, 0) is 14.6 Å². The van der Waals surface area contributed by atoms with Gasteiger partial charge in [-0.25, -0.2) is 12.8 Å². The molecule has 4 bridgehead atoms. The maximum absolute atomic E-state index is 13.0. The maximum atomic E-state index is 13.0. The highest BCUT2D eigenvalue weighted by molar-refractivity contribution is 7.92. The number of hydrogen-bond donors (Lipinski definition) is 0. The molecule has 1 aromatic rings. The van der Waals surface area contributed by atoms with Crippen LogP contribution in [0.5, 0.6) is 0 Å². The van der Waals surface area contributed by atoms with E-state index in [0.29, 0.717) is 6.42 Å². The summed E-state index contributed by atoms with van der Waals surface area (Å²) in [6.07, 6.45) is 8.24. The lowest BCUT2D eigenvalue weighted by molar-refractivity contribution is -0.142. The van der Waals surface area contributed by atoms with Gasteiger partial charge in [-0.1, -0.05) is 0 Å². The number of rotatable bonds is 4. The number of hydrogen-bond acceptors (Lipinski definition) is 3. The molecule has 1 aromatic carbocycles. The lowest BCUT2D eigenvalue weighted by Gasteiger charge is -2.57. The van der Waals surface area contributed by atoms with Gasteiger partial charge in [0.2, 0.25) is 5.91 Å². The molecule has 1 heterocycles. The van der Waals surface area contributed by atoms with Crippen molar-refractivity contribution in [2.45, 2.75) is 55.1 Å². The summed E-state index contributed by atoms with van der Waals surface area (Å²) in [7, 11) is -3.50. The topological polar surface area (TPSA) is 54.5 Å². The van der Waals surface area contributed by atoms with Crippen molar-refractivity contribution in [3.63, 3.8) is 0 Å². The largest absolute Gasteiger partial charge is 0.340 e. The minimum absolute atomic E-state index is 0.127. The molecule has 6 heteroatoms. The predicted octanol–water partition coefficient (Wildman–Crippen LogP) is 3.42. The molecule has 4 nitrogen and oxygen atoms in total. The molecule has 0 atom stereocenters. The van der Waals surface area contributed by atoms with Crippen LogP contribution in [0.4, 0.5) is 4.39 Å². The molecule has 1 saturated heterocycles. The lowest BCUT2D eigenvalue weighted by atomic mass is 9.49. The fourth-order valence-electron chi connectivity index (χ4n) is 6.59. The normalized spacial score (nSPS) is 35.3. The van der Waals surface area contributed by atoms with Gasteiger partial charge in [0.15, 0.2) is 9.84 Å². The van der Waals surface area contributed by atoms with Crippen molar-refractivity contribution in [2.75, 3.05) is 13.1 Å². The van der Waals surface area contributed by atoms with Crippen LogP contribution in [0.15, 0.2) is 29.2 Å². The molecule has 0 aromatic heterocycles. The van der Waals surface area contributed by atoms with Crippen LogP contribution in [0.1, 0.15) is 44.9 Å². The second-order valence-corrected chi connectivity index (χ2v) is 11.7. The van der Waals surface area contributed by atoms with Gasteiger partial charge in [-0.15, -0.1) is 0 Å². The average Bonchev–Trinajstić information content (AvgIpc) is 2.51.